The lowest BCUT2D eigenvalue weighted by Crippen LogP contribution is -2.49. The zero-order valence-electron chi connectivity index (χ0n) is 17.0. The first-order valence-electron chi connectivity index (χ1n) is 9.92. The van der Waals surface area contributed by atoms with E-state index in [0.717, 1.165) is 35.6 Å². The number of carbonyl (C=O) groups excluding carboxylic acids is 1. The molecule has 7 nitrogen and oxygen atoms in total. The van der Waals surface area contributed by atoms with Crippen LogP contribution in [0.25, 0.3) is 11.4 Å². The molecule has 1 amide bonds. The fourth-order valence-corrected chi connectivity index (χ4v) is 3.31. The number of piperazine rings is 1. The minimum Gasteiger partial charge on any atom is -0.353 e. The predicted molar refractivity (Wildman–Crippen MR) is 111 cm³/mol. The number of nitrogens with zero attached hydrogens (tertiary/aromatic N) is 5. The summed E-state index contributed by atoms with van der Waals surface area (Å²) >= 11 is 0. The topological polar surface area (TPSA) is 75.4 Å². The van der Waals surface area contributed by atoms with Gasteiger partial charge in [0.1, 0.15) is 5.82 Å². The van der Waals surface area contributed by atoms with Crippen LogP contribution in [0.2, 0.25) is 0 Å². The average molecular weight is 391 g/mol. The van der Waals surface area contributed by atoms with Gasteiger partial charge in [0, 0.05) is 49.4 Å². The first-order valence-corrected chi connectivity index (χ1v) is 9.92. The molecular weight excluding hydrogens is 366 g/mol. The summed E-state index contributed by atoms with van der Waals surface area (Å²) in [5.74, 6) is 2.36. The van der Waals surface area contributed by atoms with Gasteiger partial charge < -0.3 is 14.3 Å². The first kappa shape index (κ1) is 19.1. The third-order valence-corrected chi connectivity index (χ3v) is 5.13. The highest BCUT2D eigenvalue weighted by Gasteiger charge is 2.23. The van der Waals surface area contributed by atoms with Crippen molar-refractivity contribution < 1.29 is 9.32 Å². The highest BCUT2D eigenvalue weighted by Crippen LogP contribution is 2.22. The number of pyridine rings is 1. The number of amides is 1. The number of hydrogen-bond acceptors (Lipinski definition) is 6. The highest BCUT2D eigenvalue weighted by molar-refractivity contribution is 5.94. The maximum absolute atomic E-state index is 12.7. The van der Waals surface area contributed by atoms with Crippen LogP contribution in [0.4, 0.5) is 5.82 Å². The maximum Gasteiger partial charge on any atom is 0.253 e. The molecule has 0 saturated carbocycles. The monoisotopic (exact) mass is 391 g/mol. The molecule has 0 N–H and O–H groups in total. The lowest BCUT2D eigenvalue weighted by Gasteiger charge is -2.35. The molecule has 150 valence electrons. The van der Waals surface area contributed by atoms with Crippen LogP contribution in [0.15, 0.2) is 47.1 Å². The molecule has 0 aliphatic carbocycles. The standard InChI is InChI=1S/C22H25N5O2/c1-15(2)21-24-20(25-29-21)18-8-9-19(23-14-18)26-10-12-27(13-11-26)22(28)17-6-4-16(3)5-7-17/h4-9,14-15H,10-13H2,1-3H3. The van der Waals surface area contributed by atoms with Gasteiger partial charge in [0.25, 0.3) is 5.91 Å². The van der Waals surface area contributed by atoms with Crippen LogP contribution in [0.1, 0.15) is 41.6 Å². The summed E-state index contributed by atoms with van der Waals surface area (Å²) in [7, 11) is 0. The molecule has 0 bridgehead atoms. The van der Waals surface area contributed by atoms with Crippen molar-refractivity contribution in [2.75, 3.05) is 31.1 Å². The van der Waals surface area contributed by atoms with Gasteiger partial charge in [0.05, 0.1) is 0 Å². The van der Waals surface area contributed by atoms with E-state index in [1.807, 2.05) is 62.1 Å². The molecule has 1 saturated heterocycles. The largest absolute Gasteiger partial charge is 0.353 e. The molecule has 29 heavy (non-hydrogen) atoms. The molecule has 1 aromatic carbocycles. The van der Waals surface area contributed by atoms with E-state index in [9.17, 15) is 4.79 Å². The van der Waals surface area contributed by atoms with Gasteiger partial charge in [0.2, 0.25) is 11.7 Å². The van der Waals surface area contributed by atoms with Gasteiger partial charge in [-0.3, -0.25) is 4.79 Å². The molecule has 1 aliphatic rings. The number of rotatable bonds is 4. The summed E-state index contributed by atoms with van der Waals surface area (Å²) < 4.78 is 5.27. The predicted octanol–water partition coefficient (Wildman–Crippen LogP) is 3.53. The minimum atomic E-state index is 0.0889. The number of aromatic nitrogens is 3. The summed E-state index contributed by atoms with van der Waals surface area (Å²) in [6.45, 7) is 8.92. The highest BCUT2D eigenvalue weighted by atomic mass is 16.5. The van der Waals surface area contributed by atoms with Crippen LogP contribution in [0, 0.1) is 6.92 Å². The van der Waals surface area contributed by atoms with Crippen molar-refractivity contribution in [3.8, 4) is 11.4 Å². The van der Waals surface area contributed by atoms with E-state index in [1.54, 1.807) is 6.20 Å². The van der Waals surface area contributed by atoms with Crippen molar-refractivity contribution in [3.63, 3.8) is 0 Å². The first-order chi connectivity index (χ1) is 14.0. The molecule has 3 aromatic rings. The Morgan fingerprint density at radius 1 is 1.03 bits per heavy atom. The van der Waals surface area contributed by atoms with Gasteiger partial charge in [0.15, 0.2) is 0 Å². The second-order valence-electron chi connectivity index (χ2n) is 7.66. The Kier molecular flexibility index (Phi) is 5.29. The molecule has 3 heterocycles. The summed E-state index contributed by atoms with van der Waals surface area (Å²) in [6.07, 6.45) is 1.77. The minimum absolute atomic E-state index is 0.0889. The van der Waals surface area contributed by atoms with Crippen molar-refractivity contribution in [2.24, 2.45) is 0 Å². The van der Waals surface area contributed by atoms with Gasteiger partial charge in [-0.2, -0.15) is 4.98 Å². The van der Waals surface area contributed by atoms with Crippen LogP contribution in [0.5, 0.6) is 0 Å². The number of carbonyl (C=O) groups is 1. The van der Waals surface area contributed by atoms with E-state index in [4.69, 9.17) is 4.52 Å². The number of benzene rings is 1. The molecular formula is C22H25N5O2. The van der Waals surface area contributed by atoms with Crippen LogP contribution in [-0.4, -0.2) is 52.1 Å². The summed E-state index contributed by atoms with van der Waals surface area (Å²) in [5, 5.41) is 4.03. The van der Waals surface area contributed by atoms with Crippen molar-refractivity contribution in [1.82, 2.24) is 20.0 Å². The molecule has 1 aliphatic heterocycles. The molecule has 0 radical (unpaired) electrons. The molecule has 0 unspecified atom stereocenters. The number of hydrogen-bond donors (Lipinski definition) is 0. The number of aryl methyl sites for hydroxylation is 1. The van der Waals surface area contributed by atoms with Crippen LogP contribution >= 0.6 is 0 Å². The van der Waals surface area contributed by atoms with E-state index in [-0.39, 0.29) is 11.8 Å². The third kappa shape index (κ3) is 4.13. The fraction of sp³-hybridized carbons (Fsp3) is 0.364. The van der Waals surface area contributed by atoms with Gasteiger partial charge in [-0.05, 0) is 31.2 Å². The second-order valence-corrected chi connectivity index (χ2v) is 7.66. The van der Waals surface area contributed by atoms with E-state index in [0.29, 0.717) is 24.8 Å². The summed E-state index contributed by atoms with van der Waals surface area (Å²) in [5.41, 5.74) is 2.73. The van der Waals surface area contributed by atoms with Crippen molar-refractivity contribution >= 4 is 11.7 Å². The Morgan fingerprint density at radius 3 is 2.34 bits per heavy atom. The van der Waals surface area contributed by atoms with E-state index in [2.05, 4.69) is 20.0 Å². The average Bonchev–Trinajstić information content (AvgIpc) is 3.25. The lowest BCUT2D eigenvalue weighted by molar-refractivity contribution is 0.0746. The Labute approximate surface area is 170 Å². The molecule has 0 atom stereocenters. The Balaban J connectivity index is 1.38. The Bertz CT molecular complexity index is 971. The van der Waals surface area contributed by atoms with Crippen molar-refractivity contribution in [2.45, 2.75) is 26.7 Å². The van der Waals surface area contributed by atoms with Crippen LogP contribution in [0.3, 0.4) is 0 Å². The number of anilines is 1. The normalized spacial score (nSPS) is 14.5. The van der Waals surface area contributed by atoms with Crippen LogP contribution in [-0.2, 0) is 0 Å². The van der Waals surface area contributed by atoms with Gasteiger partial charge >= 0.3 is 0 Å². The SMILES string of the molecule is Cc1ccc(C(=O)N2CCN(c3ccc(-c4noc(C(C)C)n4)cn3)CC2)cc1. The van der Waals surface area contributed by atoms with Gasteiger partial charge in [-0.1, -0.05) is 36.7 Å². The summed E-state index contributed by atoms with van der Waals surface area (Å²) in [6, 6.07) is 11.7. The van der Waals surface area contributed by atoms with Crippen molar-refractivity contribution in [3.05, 3.63) is 59.6 Å². The van der Waals surface area contributed by atoms with Gasteiger partial charge in [-0.25, -0.2) is 4.98 Å². The van der Waals surface area contributed by atoms with Gasteiger partial charge in [-0.15, -0.1) is 0 Å². The lowest BCUT2D eigenvalue weighted by atomic mass is 10.1. The molecule has 2 aromatic heterocycles. The third-order valence-electron chi connectivity index (χ3n) is 5.13. The fourth-order valence-electron chi connectivity index (χ4n) is 3.31. The Hall–Kier alpha value is -3.22. The van der Waals surface area contributed by atoms with E-state index >= 15 is 0 Å². The van der Waals surface area contributed by atoms with Crippen molar-refractivity contribution in [1.29, 1.82) is 0 Å². The summed E-state index contributed by atoms with van der Waals surface area (Å²) in [4.78, 5) is 25.8. The molecule has 1 fully saturated rings. The quantitative estimate of drug-likeness (QED) is 0.677. The van der Waals surface area contributed by atoms with E-state index in [1.165, 1.54) is 0 Å². The molecule has 7 heteroatoms. The molecule has 4 rings (SSSR count). The smallest absolute Gasteiger partial charge is 0.253 e. The van der Waals surface area contributed by atoms with Crippen LogP contribution < -0.4 is 4.90 Å². The zero-order valence-corrected chi connectivity index (χ0v) is 17.0. The zero-order chi connectivity index (χ0) is 20.4. The maximum atomic E-state index is 12.7. The molecule has 0 spiro atoms. The second kappa shape index (κ2) is 8.03. The van der Waals surface area contributed by atoms with E-state index < -0.39 is 0 Å². The Morgan fingerprint density at radius 2 is 1.76 bits per heavy atom.